The summed E-state index contributed by atoms with van der Waals surface area (Å²) in [6.45, 7) is 1.99. The Bertz CT molecular complexity index is 877. The molecule has 0 aromatic heterocycles. The Hall–Kier alpha value is -1.96. The van der Waals surface area contributed by atoms with Crippen molar-refractivity contribution in [3.05, 3.63) is 74.3 Å². The van der Waals surface area contributed by atoms with Crippen molar-refractivity contribution in [2.24, 2.45) is 0 Å². The fraction of sp³-hybridized carbons (Fsp3) is 0.200. The zero-order valence-electron chi connectivity index (χ0n) is 14.5. The van der Waals surface area contributed by atoms with Gasteiger partial charge < -0.3 is 15.0 Å². The number of amides is 2. The third kappa shape index (κ3) is 5.51. The number of ether oxygens (including phenoxy) is 1. The van der Waals surface area contributed by atoms with E-state index in [1.807, 2.05) is 30.3 Å². The van der Waals surface area contributed by atoms with Crippen LogP contribution in [0.15, 0.2) is 63.2 Å². The molecule has 0 bridgehead atoms. The Morgan fingerprint density at radius 1 is 1.00 bits per heavy atom. The summed E-state index contributed by atoms with van der Waals surface area (Å²) in [5, 5.41) is 2.78. The van der Waals surface area contributed by atoms with Crippen LogP contribution in [-0.4, -0.2) is 43.0 Å². The van der Waals surface area contributed by atoms with E-state index in [9.17, 15) is 9.59 Å². The van der Waals surface area contributed by atoms with E-state index >= 15 is 0 Å². The summed E-state index contributed by atoms with van der Waals surface area (Å²) in [5.41, 5.74) is 1.52. The first-order chi connectivity index (χ1) is 13.0. The van der Waals surface area contributed by atoms with Crippen LogP contribution in [0.25, 0.3) is 6.08 Å². The fourth-order valence-electron chi connectivity index (χ4n) is 2.68. The average Bonchev–Trinajstić information content (AvgIpc) is 2.67. The number of carbonyl (C=O) groups is 2. The number of hydrogen-bond donors (Lipinski definition) is 1. The maximum absolute atomic E-state index is 13.0. The Morgan fingerprint density at radius 3 is 2.33 bits per heavy atom. The molecule has 1 aliphatic heterocycles. The van der Waals surface area contributed by atoms with Crippen LogP contribution in [-0.2, 0) is 9.53 Å². The minimum absolute atomic E-state index is 0.221. The lowest BCUT2D eigenvalue weighted by Crippen LogP contribution is -2.44. The Kier molecular flexibility index (Phi) is 6.82. The number of nitrogens with one attached hydrogen (secondary N) is 1. The number of carbonyl (C=O) groups excluding carboxylic acids is 2. The zero-order chi connectivity index (χ0) is 19.2. The molecule has 3 rings (SSSR count). The van der Waals surface area contributed by atoms with Gasteiger partial charge in [0.1, 0.15) is 5.70 Å². The highest BCUT2D eigenvalue weighted by Crippen LogP contribution is 2.16. The van der Waals surface area contributed by atoms with Crippen LogP contribution >= 0.6 is 31.9 Å². The topological polar surface area (TPSA) is 58.6 Å². The normalized spacial score (nSPS) is 14.7. The quantitative estimate of drug-likeness (QED) is 0.658. The predicted octanol–water partition coefficient (Wildman–Crippen LogP) is 3.84. The molecule has 1 heterocycles. The van der Waals surface area contributed by atoms with Gasteiger partial charge in [-0.1, -0.05) is 50.1 Å². The first-order valence-corrected chi connectivity index (χ1v) is 10.0. The second kappa shape index (κ2) is 9.30. The number of halogens is 2. The number of benzene rings is 2. The highest BCUT2D eigenvalue weighted by molar-refractivity contribution is 9.10. The molecule has 1 saturated heterocycles. The van der Waals surface area contributed by atoms with Crippen molar-refractivity contribution in [3.8, 4) is 0 Å². The molecule has 140 valence electrons. The third-order valence-corrected chi connectivity index (χ3v) is 5.01. The predicted molar refractivity (Wildman–Crippen MR) is 111 cm³/mol. The van der Waals surface area contributed by atoms with Crippen LogP contribution in [0.4, 0.5) is 0 Å². The summed E-state index contributed by atoms with van der Waals surface area (Å²) in [5.74, 6) is -0.555. The van der Waals surface area contributed by atoms with Crippen molar-refractivity contribution in [2.75, 3.05) is 26.3 Å². The third-order valence-electron chi connectivity index (χ3n) is 4.02. The highest BCUT2D eigenvalue weighted by atomic mass is 79.9. The molecule has 27 heavy (non-hydrogen) atoms. The molecule has 0 saturated carbocycles. The van der Waals surface area contributed by atoms with Gasteiger partial charge in [0, 0.05) is 27.6 Å². The summed E-state index contributed by atoms with van der Waals surface area (Å²) in [6, 6.07) is 14.6. The van der Waals surface area contributed by atoms with Gasteiger partial charge in [-0.15, -0.1) is 0 Å². The van der Waals surface area contributed by atoms with Crippen molar-refractivity contribution < 1.29 is 14.3 Å². The van der Waals surface area contributed by atoms with E-state index in [2.05, 4.69) is 37.2 Å². The van der Waals surface area contributed by atoms with Crippen LogP contribution < -0.4 is 5.32 Å². The summed E-state index contributed by atoms with van der Waals surface area (Å²) in [4.78, 5) is 27.4. The summed E-state index contributed by atoms with van der Waals surface area (Å²) < 4.78 is 7.01. The van der Waals surface area contributed by atoms with Gasteiger partial charge in [0.05, 0.1) is 13.2 Å². The second-order valence-electron chi connectivity index (χ2n) is 5.98. The van der Waals surface area contributed by atoms with E-state index in [4.69, 9.17) is 4.74 Å². The van der Waals surface area contributed by atoms with Gasteiger partial charge in [0.15, 0.2) is 0 Å². The Balaban J connectivity index is 1.89. The van der Waals surface area contributed by atoms with E-state index in [0.717, 1.165) is 14.5 Å². The van der Waals surface area contributed by atoms with Crippen molar-refractivity contribution in [2.45, 2.75) is 0 Å². The van der Waals surface area contributed by atoms with Crippen LogP contribution in [0.1, 0.15) is 15.9 Å². The fourth-order valence-corrected chi connectivity index (χ4v) is 3.49. The molecule has 7 heteroatoms. The van der Waals surface area contributed by atoms with Crippen LogP contribution in [0.2, 0.25) is 0 Å². The van der Waals surface area contributed by atoms with Gasteiger partial charge in [-0.2, -0.15) is 0 Å². The summed E-state index contributed by atoms with van der Waals surface area (Å²) in [6.07, 6.45) is 1.69. The molecule has 0 aliphatic carbocycles. The van der Waals surface area contributed by atoms with Gasteiger partial charge in [-0.25, -0.2) is 0 Å². The van der Waals surface area contributed by atoms with Gasteiger partial charge >= 0.3 is 0 Å². The van der Waals surface area contributed by atoms with Crippen LogP contribution in [0, 0.1) is 0 Å². The van der Waals surface area contributed by atoms with E-state index in [1.54, 1.807) is 29.2 Å². The van der Waals surface area contributed by atoms with E-state index < -0.39 is 0 Å². The van der Waals surface area contributed by atoms with Gasteiger partial charge in [0.2, 0.25) is 0 Å². The maximum atomic E-state index is 13.0. The molecule has 2 amide bonds. The molecule has 2 aromatic rings. The molecular weight excluding hydrogens is 476 g/mol. The molecule has 1 fully saturated rings. The van der Waals surface area contributed by atoms with Gasteiger partial charge in [-0.05, 0) is 42.0 Å². The van der Waals surface area contributed by atoms with Crippen LogP contribution in [0.5, 0.6) is 0 Å². The summed E-state index contributed by atoms with van der Waals surface area (Å²) >= 11 is 6.79. The number of hydrogen-bond acceptors (Lipinski definition) is 3. The molecule has 0 radical (unpaired) electrons. The number of morpholine rings is 1. The van der Waals surface area contributed by atoms with Crippen molar-refractivity contribution in [3.63, 3.8) is 0 Å². The standard InChI is InChI=1S/C20H18Br2N2O3/c21-16-5-1-3-14(11-16)12-18(20(26)24-7-9-27-10-8-24)23-19(25)15-4-2-6-17(22)13-15/h1-6,11-13H,7-10H2,(H,23,25)/b18-12+. The minimum atomic E-state index is -0.334. The molecule has 1 N–H and O–H groups in total. The first kappa shape index (κ1) is 19.8. The van der Waals surface area contributed by atoms with Crippen LogP contribution in [0.3, 0.4) is 0 Å². The molecule has 0 unspecified atom stereocenters. The van der Waals surface area contributed by atoms with Gasteiger partial charge in [-0.3, -0.25) is 9.59 Å². The first-order valence-electron chi connectivity index (χ1n) is 8.44. The Morgan fingerprint density at radius 2 is 1.67 bits per heavy atom. The Labute approximate surface area is 174 Å². The van der Waals surface area contributed by atoms with E-state index in [1.165, 1.54) is 0 Å². The van der Waals surface area contributed by atoms with E-state index in [0.29, 0.717) is 31.9 Å². The zero-order valence-corrected chi connectivity index (χ0v) is 17.6. The lowest BCUT2D eigenvalue weighted by Gasteiger charge is -2.27. The molecule has 0 atom stereocenters. The molecule has 1 aliphatic rings. The van der Waals surface area contributed by atoms with E-state index in [-0.39, 0.29) is 17.5 Å². The summed E-state index contributed by atoms with van der Waals surface area (Å²) in [7, 11) is 0. The van der Waals surface area contributed by atoms with Crippen molar-refractivity contribution in [1.29, 1.82) is 0 Å². The minimum Gasteiger partial charge on any atom is -0.378 e. The van der Waals surface area contributed by atoms with Crippen molar-refractivity contribution in [1.82, 2.24) is 10.2 Å². The van der Waals surface area contributed by atoms with Gasteiger partial charge in [0.25, 0.3) is 11.8 Å². The second-order valence-corrected chi connectivity index (χ2v) is 7.81. The lowest BCUT2D eigenvalue weighted by atomic mass is 10.1. The molecule has 0 spiro atoms. The largest absolute Gasteiger partial charge is 0.378 e. The number of nitrogens with zero attached hydrogens (tertiary/aromatic N) is 1. The highest BCUT2D eigenvalue weighted by Gasteiger charge is 2.22. The molecule has 2 aromatic carbocycles. The smallest absolute Gasteiger partial charge is 0.270 e. The average molecular weight is 494 g/mol. The number of rotatable bonds is 4. The maximum Gasteiger partial charge on any atom is 0.270 e. The molecular formula is C20H18Br2N2O3. The molecule has 5 nitrogen and oxygen atoms in total. The van der Waals surface area contributed by atoms with Crippen molar-refractivity contribution >= 4 is 49.8 Å². The monoisotopic (exact) mass is 492 g/mol. The lowest BCUT2D eigenvalue weighted by molar-refractivity contribution is -0.131. The SMILES string of the molecule is O=C(N/C(=C/c1cccc(Br)c1)C(=O)N1CCOCC1)c1cccc(Br)c1.